The highest BCUT2D eigenvalue weighted by Gasteiger charge is 2.23. The van der Waals surface area contributed by atoms with Crippen molar-refractivity contribution in [3.63, 3.8) is 0 Å². The first-order valence-electron chi connectivity index (χ1n) is 5.65. The molecule has 0 saturated carbocycles. The lowest BCUT2D eigenvalue weighted by molar-refractivity contribution is 0.602. The number of sulfone groups is 1. The monoisotopic (exact) mass is 317 g/mol. The van der Waals surface area contributed by atoms with Gasteiger partial charge in [0.25, 0.3) is 0 Å². The molecule has 5 heteroatoms. The van der Waals surface area contributed by atoms with Crippen molar-refractivity contribution in [3.05, 3.63) is 24.3 Å². The Morgan fingerprint density at radius 3 is 2.53 bits per heavy atom. The third-order valence-corrected chi connectivity index (χ3v) is 5.03. The van der Waals surface area contributed by atoms with Crippen molar-refractivity contribution >= 4 is 31.5 Å². The zero-order valence-corrected chi connectivity index (χ0v) is 12.2. The average molecular weight is 318 g/mol. The molecule has 1 aromatic carbocycles. The largest absolute Gasteiger partial charge is 0.368 e. The van der Waals surface area contributed by atoms with Gasteiger partial charge in [-0.05, 0) is 37.1 Å². The number of hydrogen-bond acceptors (Lipinski definition) is 3. The highest BCUT2D eigenvalue weighted by atomic mass is 79.9. The molecule has 94 valence electrons. The summed E-state index contributed by atoms with van der Waals surface area (Å²) in [4.78, 5) is 2.72. The van der Waals surface area contributed by atoms with E-state index in [1.165, 1.54) is 19.1 Å². The molecular weight excluding hydrogens is 302 g/mol. The highest BCUT2D eigenvalue weighted by Crippen LogP contribution is 2.27. The number of anilines is 1. The van der Waals surface area contributed by atoms with E-state index < -0.39 is 9.84 Å². The minimum absolute atomic E-state index is 0.385. The summed E-state index contributed by atoms with van der Waals surface area (Å²) < 4.78 is 22.7. The molecule has 1 fully saturated rings. The van der Waals surface area contributed by atoms with Crippen molar-refractivity contribution in [1.29, 1.82) is 0 Å². The van der Waals surface area contributed by atoms with E-state index in [-0.39, 0.29) is 0 Å². The van der Waals surface area contributed by atoms with Gasteiger partial charge in [0, 0.05) is 29.9 Å². The number of benzene rings is 1. The van der Waals surface area contributed by atoms with Crippen molar-refractivity contribution < 1.29 is 8.42 Å². The van der Waals surface area contributed by atoms with Gasteiger partial charge in [-0.25, -0.2) is 8.42 Å². The Balaban J connectivity index is 2.24. The lowest BCUT2D eigenvalue weighted by atomic mass is 10.2. The van der Waals surface area contributed by atoms with E-state index in [4.69, 9.17) is 0 Å². The Kier molecular flexibility index (Phi) is 3.78. The Bertz CT molecular complexity index is 484. The molecule has 1 aliphatic heterocycles. The molecule has 17 heavy (non-hydrogen) atoms. The molecule has 3 nitrogen and oxygen atoms in total. The smallest absolute Gasteiger partial charge is 0.175 e. The Labute approximate surface area is 111 Å². The second-order valence-corrected chi connectivity index (χ2v) is 7.07. The number of alkyl halides is 1. The topological polar surface area (TPSA) is 37.4 Å². The minimum atomic E-state index is -3.09. The van der Waals surface area contributed by atoms with Gasteiger partial charge >= 0.3 is 0 Å². The van der Waals surface area contributed by atoms with Crippen molar-refractivity contribution in [2.75, 3.05) is 23.0 Å². The molecule has 1 aromatic rings. The van der Waals surface area contributed by atoms with Gasteiger partial charge in [0.1, 0.15) is 0 Å². The summed E-state index contributed by atoms with van der Waals surface area (Å²) in [5, 5.41) is 0.959. The first-order valence-corrected chi connectivity index (χ1v) is 8.66. The first kappa shape index (κ1) is 12.9. The van der Waals surface area contributed by atoms with Crippen LogP contribution in [0.2, 0.25) is 0 Å². The number of nitrogens with zero attached hydrogens (tertiary/aromatic N) is 1. The van der Waals surface area contributed by atoms with E-state index in [2.05, 4.69) is 20.8 Å². The Morgan fingerprint density at radius 1 is 1.35 bits per heavy atom. The molecule has 0 bridgehead atoms. The second kappa shape index (κ2) is 4.98. The maximum atomic E-state index is 11.4. The Morgan fingerprint density at radius 2 is 2.00 bits per heavy atom. The van der Waals surface area contributed by atoms with Crippen molar-refractivity contribution in [3.8, 4) is 0 Å². The zero-order valence-electron chi connectivity index (χ0n) is 9.77. The van der Waals surface area contributed by atoms with Gasteiger partial charge in [-0.2, -0.15) is 0 Å². The summed E-state index contributed by atoms with van der Waals surface area (Å²) >= 11 is 3.52. The standard InChI is InChI=1S/C12H16BrNO2S/c1-17(15,16)12-6-4-10(5-7-12)14-8-2-3-11(14)9-13/h4-7,11H,2-3,8-9H2,1H3. The van der Waals surface area contributed by atoms with Crippen LogP contribution in [-0.4, -0.2) is 32.6 Å². The predicted octanol–water partition coefficient (Wildman–Crippen LogP) is 2.45. The van der Waals surface area contributed by atoms with Crippen LogP contribution in [0.15, 0.2) is 29.2 Å². The molecule has 1 atom stereocenters. The van der Waals surface area contributed by atoms with E-state index in [1.54, 1.807) is 12.1 Å². The van der Waals surface area contributed by atoms with E-state index in [0.717, 1.165) is 17.6 Å². The molecule has 1 unspecified atom stereocenters. The molecule has 1 aliphatic rings. The van der Waals surface area contributed by atoms with Crippen LogP contribution in [0.5, 0.6) is 0 Å². The number of rotatable bonds is 3. The molecule has 0 amide bonds. The van der Waals surface area contributed by atoms with Crippen molar-refractivity contribution in [2.24, 2.45) is 0 Å². The summed E-state index contributed by atoms with van der Waals surface area (Å²) in [7, 11) is -3.09. The van der Waals surface area contributed by atoms with Gasteiger partial charge in [-0.15, -0.1) is 0 Å². The lowest BCUT2D eigenvalue weighted by Gasteiger charge is -2.25. The second-order valence-electron chi connectivity index (χ2n) is 4.41. The maximum Gasteiger partial charge on any atom is 0.175 e. The van der Waals surface area contributed by atoms with Crippen LogP contribution in [0.4, 0.5) is 5.69 Å². The van der Waals surface area contributed by atoms with Crippen molar-refractivity contribution in [1.82, 2.24) is 0 Å². The lowest BCUT2D eigenvalue weighted by Crippen LogP contribution is -2.30. The van der Waals surface area contributed by atoms with Gasteiger partial charge < -0.3 is 4.90 Å². The van der Waals surface area contributed by atoms with Gasteiger partial charge in [0.15, 0.2) is 9.84 Å². The Hall–Kier alpha value is -0.550. The normalized spacial score (nSPS) is 20.8. The SMILES string of the molecule is CS(=O)(=O)c1ccc(N2CCCC2CBr)cc1. The minimum Gasteiger partial charge on any atom is -0.368 e. The van der Waals surface area contributed by atoms with Gasteiger partial charge in [-0.3, -0.25) is 0 Å². The fraction of sp³-hybridized carbons (Fsp3) is 0.500. The molecule has 0 N–H and O–H groups in total. The van der Waals surface area contributed by atoms with E-state index in [0.29, 0.717) is 10.9 Å². The highest BCUT2D eigenvalue weighted by molar-refractivity contribution is 9.09. The van der Waals surface area contributed by atoms with Gasteiger partial charge in [0.2, 0.25) is 0 Å². The summed E-state index contributed by atoms with van der Waals surface area (Å²) in [6, 6.07) is 7.70. The van der Waals surface area contributed by atoms with Crippen LogP contribution >= 0.6 is 15.9 Å². The zero-order chi connectivity index (χ0) is 12.5. The predicted molar refractivity (Wildman–Crippen MR) is 73.7 cm³/mol. The average Bonchev–Trinajstić information content (AvgIpc) is 2.76. The molecule has 2 rings (SSSR count). The number of halogens is 1. The molecule has 0 aliphatic carbocycles. The van der Waals surface area contributed by atoms with Gasteiger partial charge in [-0.1, -0.05) is 15.9 Å². The maximum absolute atomic E-state index is 11.4. The third kappa shape index (κ3) is 2.83. The fourth-order valence-corrected chi connectivity index (χ4v) is 3.52. The summed E-state index contributed by atoms with van der Waals surface area (Å²) in [6.45, 7) is 1.05. The molecule has 1 saturated heterocycles. The van der Waals surface area contributed by atoms with Crippen LogP contribution in [0, 0.1) is 0 Å². The summed E-state index contributed by atoms with van der Waals surface area (Å²) in [5.41, 5.74) is 1.11. The van der Waals surface area contributed by atoms with Crippen molar-refractivity contribution in [2.45, 2.75) is 23.8 Å². The number of hydrogen-bond donors (Lipinski definition) is 0. The molecule has 1 heterocycles. The van der Waals surface area contributed by atoms with Crippen LogP contribution in [-0.2, 0) is 9.84 Å². The molecule has 0 radical (unpaired) electrons. The van der Waals surface area contributed by atoms with Gasteiger partial charge in [0.05, 0.1) is 4.90 Å². The molecule has 0 aromatic heterocycles. The van der Waals surface area contributed by atoms with Crippen LogP contribution in [0.25, 0.3) is 0 Å². The third-order valence-electron chi connectivity index (χ3n) is 3.15. The molecule has 0 spiro atoms. The fourth-order valence-electron chi connectivity index (χ4n) is 2.22. The summed E-state index contributed by atoms with van der Waals surface area (Å²) in [6.07, 6.45) is 3.63. The quantitative estimate of drug-likeness (QED) is 0.804. The van der Waals surface area contributed by atoms with E-state index in [1.807, 2.05) is 12.1 Å². The molecular formula is C12H16BrNO2S. The van der Waals surface area contributed by atoms with E-state index in [9.17, 15) is 8.42 Å². The van der Waals surface area contributed by atoms with Crippen LogP contribution in [0.1, 0.15) is 12.8 Å². The van der Waals surface area contributed by atoms with Crippen LogP contribution in [0.3, 0.4) is 0 Å². The summed E-state index contributed by atoms with van der Waals surface area (Å²) in [5.74, 6) is 0. The van der Waals surface area contributed by atoms with Crippen LogP contribution < -0.4 is 4.90 Å². The van der Waals surface area contributed by atoms with E-state index >= 15 is 0 Å². The first-order chi connectivity index (χ1) is 8.02.